The van der Waals surface area contributed by atoms with E-state index in [0.29, 0.717) is 0 Å². The summed E-state index contributed by atoms with van der Waals surface area (Å²) in [6, 6.07) is 0. The molecule has 0 aliphatic rings. The molecule has 0 aromatic rings. The van der Waals surface area contributed by atoms with Crippen molar-refractivity contribution in [2.45, 2.75) is 39.5 Å². The first kappa shape index (κ1) is 10.3. The molecule has 0 aromatic carbocycles. The van der Waals surface area contributed by atoms with Crippen LogP contribution in [0.2, 0.25) is 0 Å². The molecule has 1 heteroatoms. The van der Waals surface area contributed by atoms with E-state index < -0.39 is 0 Å². The molecule has 10 heavy (non-hydrogen) atoms. The van der Waals surface area contributed by atoms with Crippen LogP contribution in [0.25, 0.3) is 0 Å². The van der Waals surface area contributed by atoms with E-state index in [2.05, 4.69) is 20.1 Å². The van der Waals surface area contributed by atoms with E-state index in [1.54, 1.807) is 0 Å². The SMILES string of the molecule is CCCCCC[S+](C)CC. The Kier molecular flexibility index (Phi) is 7.72. The van der Waals surface area contributed by atoms with Gasteiger partial charge in [0.05, 0.1) is 6.26 Å². The molecule has 0 saturated carbocycles. The standard InChI is InChI=1S/C9H21S/c1-4-6-7-8-9-10(3)5-2/h4-9H2,1-3H3/q+1. The van der Waals surface area contributed by atoms with Crippen molar-refractivity contribution in [2.75, 3.05) is 17.8 Å². The normalized spacial score (nSPS) is 13.5. The average molecular weight is 161 g/mol. The molecule has 0 aliphatic carbocycles. The fourth-order valence-electron chi connectivity index (χ4n) is 0.920. The van der Waals surface area contributed by atoms with Gasteiger partial charge in [-0.1, -0.05) is 19.8 Å². The molecule has 0 bridgehead atoms. The smallest absolute Gasteiger partial charge is 0.0654 e. The summed E-state index contributed by atoms with van der Waals surface area (Å²) in [7, 11) is 0.720. The van der Waals surface area contributed by atoms with E-state index in [4.69, 9.17) is 0 Å². The Labute approximate surface area is 68.7 Å². The summed E-state index contributed by atoms with van der Waals surface area (Å²) in [5.74, 6) is 2.85. The summed E-state index contributed by atoms with van der Waals surface area (Å²) in [4.78, 5) is 0. The van der Waals surface area contributed by atoms with E-state index in [0.717, 1.165) is 10.9 Å². The lowest BCUT2D eigenvalue weighted by molar-refractivity contribution is 0.705. The first-order valence-corrected chi connectivity index (χ1v) is 6.37. The molecule has 0 fully saturated rings. The maximum atomic E-state index is 2.38. The van der Waals surface area contributed by atoms with Gasteiger partial charge < -0.3 is 0 Å². The zero-order valence-electron chi connectivity index (χ0n) is 7.65. The Hall–Kier alpha value is 0.350. The second-order valence-electron chi connectivity index (χ2n) is 2.83. The van der Waals surface area contributed by atoms with Gasteiger partial charge in [-0.05, 0) is 30.7 Å². The Morgan fingerprint density at radius 3 is 2.20 bits per heavy atom. The third-order valence-electron chi connectivity index (χ3n) is 1.84. The number of hydrogen-bond acceptors (Lipinski definition) is 0. The van der Waals surface area contributed by atoms with Crippen LogP contribution in [-0.2, 0) is 10.9 Å². The topological polar surface area (TPSA) is 0 Å². The van der Waals surface area contributed by atoms with Crippen LogP contribution < -0.4 is 0 Å². The predicted octanol–water partition coefficient (Wildman–Crippen LogP) is 2.83. The Balaban J connectivity index is 2.89. The lowest BCUT2D eigenvalue weighted by Crippen LogP contribution is -2.06. The van der Waals surface area contributed by atoms with Crippen LogP contribution >= 0.6 is 0 Å². The first-order chi connectivity index (χ1) is 4.81. The zero-order valence-corrected chi connectivity index (χ0v) is 8.47. The molecule has 1 unspecified atom stereocenters. The fraction of sp³-hybridized carbons (Fsp3) is 1.00. The highest BCUT2D eigenvalue weighted by Crippen LogP contribution is 2.02. The highest BCUT2D eigenvalue weighted by Gasteiger charge is 2.04. The molecule has 62 valence electrons. The Bertz CT molecular complexity index is 61.7. The average Bonchev–Trinajstić information content (AvgIpc) is 1.98. The predicted molar refractivity (Wildman–Crippen MR) is 52.8 cm³/mol. The summed E-state index contributed by atoms with van der Waals surface area (Å²) in [5, 5.41) is 0. The van der Waals surface area contributed by atoms with Gasteiger partial charge in [-0.3, -0.25) is 0 Å². The molecular weight excluding hydrogens is 140 g/mol. The molecule has 0 aliphatic heterocycles. The van der Waals surface area contributed by atoms with Gasteiger partial charge in [-0.25, -0.2) is 0 Å². The fourth-order valence-corrected chi connectivity index (χ4v) is 1.91. The maximum absolute atomic E-state index is 2.38. The van der Waals surface area contributed by atoms with Crippen molar-refractivity contribution in [1.29, 1.82) is 0 Å². The van der Waals surface area contributed by atoms with Crippen LogP contribution in [0.15, 0.2) is 0 Å². The second kappa shape index (κ2) is 7.46. The summed E-state index contributed by atoms with van der Waals surface area (Å²) in [6.45, 7) is 4.56. The molecule has 0 N–H and O–H groups in total. The molecule has 0 heterocycles. The van der Waals surface area contributed by atoms with E-state index in [9.17, 15) is 0 Å². The lowest BCUT2D eigenvalue weighted by atomic mass is 10.2. The van der Waals surface area contributed by atoms with Crippen LogP contribution in [0.1, 0.15) is 39.5 Å². The lowest BCUT2D eigenvalue weighted by Gasteiger charge is -1.98. The van der Waals surface area contributed by atoms with Crippen molar-refractivity contribution in [2.24, 2.45) is 0 Å². The molecular formula is C9H21S+. The van der Waals surface area contributed by atoms with Crippen LogP contribution in [0.4, 0.5) is 0 Å². The van der Waals surface area contributed by atoms with Gasteiger partial charge in [0.1, 0.15) is 11.5 Å². The molecule has 0 rings (SSSR count). The highest BCUT2D eigenvalue weighted by molar-refractivity contribution is 7.96. The number of hydrogen-bond donors (Lipinski definition) is 0. The molecule has 0 radical (unpaired) electrons. The summed E-state index contributed by atoms with van der Waals surface area (Å²) >= 11 is 0. The second-order valence-corrected chi connectivity index (χ2v) is 5.38. The first-order valence-electron chi connectivity index (χ1n) is 4.40. The van der Waals surface area contributed by atoms with Crippen molar-refractivity contribution < 1.29 is 0 Å². The summed E-state index contributed by atoms with van der Waals surface area (Å²) < 4.78 is 0. The number of unbranched alkanes of at least 4 members (excludes halogenated alkanes) is 3. The molecule has 0 saturated heterocycles. The minimum atomic E-state index is 0.720. The molecule has 0 spiro atoms. The third-order valence-corrected chi connectivity index (χ3v) is 3.81. The van der Waals surface area contributed by atoms with Gasteiger partial charge in [0.15, 0.2) is 0 Å². The van der Waals surface area contributed by atoms with Crippen molar-refractivity contribution in [3.8, 4) is 0 Å². The van der Waals surface area contributed by atoms with Gasteiger partial charge in [0, 0.05) is 0 Å². The van der Waals surface area contributed by atoms with Crippen LogP contribution in [-0.4, -0.2) is 17.8 Å². The number of rotatable bonds is 6. The van der Waals surface area contributed by atoms with Gasteiger partial charge in [0.2, 0.25) is 0 Å². The Morgan fingerprint density at radius 2 is 1.70 bits per heavy atom. The maximum Gasteiger partial charge on any atom is 0.107 e. The molecule has 0 nitrogen and oxygen atoms in total. The van der Waals surface area contributed by atoms with Crippen molar-refractivity contribution in [1.82, 2.24) is 0 Å². The van der Waals surface area contributed by atoms with Gasteiger partial charge in [-0.2, -0.15) is 0 Å². The van der Waals surface area contributed by atoms with Crippen LogP contribution in [0, 0.1) is 0 Å². The van der Waals surface area contributed by atoms with E-state index in [1.165, 1.54) is 37.2 Å². The van der Waals surface area contributed by atoms with Crippen molar-refractivity contribution in [3.63, 3.8) is 0 Å². The zero-order chi connectivity index (χ0) is 7.82. The minimum absolute atomic E-state index is 0.720. The van der Waals surface area contributed by atoms with Gasteiger partial charge in [0.25, 0.3) is 0 Å². The van der Waals surface area contributed by atoms with Gasteiger partial charge in [-0.15, -0.1) is 0 Å². The van der Waals surface area contributed by atoms with E-state index >= 15 is 0 Å². The third kappa shape index (κ3) is 6.47. The monoisotopic (exact) mass is 161 g/mol. The van der Waals surface area contributed by atoms with E-state index in [1.807, 2.05) is 0 Å². The minimum Gasteiger partial charge on any atom is -0.0654 e. The molecule has 1 atom stereocenters. The summed E-state index contributed by atoms with van der Waals surface area (Å²) in [5.41, 5.74) is 0. The van der Waals surface area contributed by atoms with Crippen LogP contribution in [0.5, 0.6) is 0 Å². The molecule has 0 aromatic heterocycles. The molecule has 0 amide bonds. The van der Waals surface area contributed by atoms with Crippen molar-refractivity contribution >= 4 is 10.9 Å². The van der Waals surface area contributed by atoms with Crippen LogP contribution in [0.3, 0.4) is 0 Å². The Morgan fingerprint density at radius 1 is 1.00 bits per heavy atom. The van der Waals surface area contributed by atoms with Crippen molar-refractivity contribution in [3.05, 3.63) is 0 Å². The quantitative estimate of drug-likeness (QED) is 0.415. The van der Waals surface area contributed by atoms with Gasteiger partial charge >= 0.3 is 0 Å². The largest absolute Gasteiger partial charge is 0.107 e. The summed E-state index contributed by atoms with van der Waals surface area (Å²) in [6.07, 6.45) is 8.09. The van der Waals surface area contributed by atoms with E-state index in [-0.39, 0.29) is 0 Å². The highest BCUT2D eigenvalue weighted by atomic mass is 32.2.